The first-order chi connectivity index (χ1) is 9.76. The van der Waals surface area contributed by atoms with Gasteiger partial charge in [-0.2, -0.15) is 0 Å². The number of nitrogens with one attached hydrogen (secondary N) is 1. The summed E-state index contributed by atoms with van der Waals surface area (Å²) < 4.78 is 5.13. The lowest BCUT2D eigenvalue weighted by molar-refractivity contribution is 0.0868. The Morgan fingerprint density at radius 3 is 2.85 bits per heavy atom. The van der Waals surface area contributed by atoms with E-state index < -0.39 is 0 Å². The number of carbonyl (C=O) groups excluding carboxylic acids is 1. The average Bonchev–Trinajstić information content (AvgIpc) is 2.48. The molecule has 4 heteroatoms. The Hall–Kier alpha value is -1.39. The molecule has 110 valence electrons. The summed E-state index contributed by atoms with van der Waals surface area (Å²) in [6.07, 6.45) is 4.18. The van der Waals surface area contributed by atoms with Crippen molar-refractivity contribution >= 4 is 5.91 Å². The number of ether oxygens (including phenoxy) is 1. The molecule has 0 bridgehead atoms. The highest BCUT2D eigenvalue weighted by atomic mass is 16.5. The van der Waals surface area contributed by atoms with Crippen LogP contribution < -0.4 is 5.32 Å². The van der Waals surface area contributed by atoms with Gasteiger partial charge < -0.3 is 15.2 Å². The molecule has 2 unspecified atom stereocenters. The normalized spacial score (nSPS) is 22.5. The second-order valence-electron chi connectivity index (χ2n) is 5.40. The van der Waals surface area contributed by atoms with Crippen molar-refractivity contribution in [3.05, 3.63) is 35.4 Å². The number of rotatable bonds is 5. The number of methoxy groups -OCH3 is 1. The Labute approximate surface area is 120 Å². The first-order valence-corrected chi connectivity index (χ1v) is 7.24. The van der Waals surface area contributed by atoms with Gasteiger partial charge in [-0.3, -0.25) is 4.79 Å². The molecule has 1 amide bonds. The van der Waals surface area contributed by atoms with Crippen LogP contribution >= 0.6 is 0 Å². The van der Waals surface area contributed by atoms with Crippen molar-refractivity contribution in [2.75, 3.05) is 13.7 Å². The molecule has 1 aliphatic carbocycles. The van der Waals surface area contributed by atoms with Crippen molar-refractivity contribution < 1.29 is 14.6 Å². The third-order valence-corrected chi connectivity index (χ3v) is 4.02. The molecule has 2 atom stereocenters. The minimum atomic E-state index is -0.0667. The number of carbonyl (C=O) groups is 1. The molecule has 1 fully saturated rings. The molecule has 20 heavy (non-hydrogen) atoms. The van der Waals surface area contributed by atoms with Crippen molar-refractivity contribution in [3.8, 4) is 0 Å². The van der Waals surface area contributed by atoms with Gasteiger partial charge in [0.1, 0.15) is 0 Å². The maximum atomic E-state index is 12.4. The molecule has 1 aliphatic rings. The van der Waals surface area contributed by atoms with Gasteiger partial charge >= 0.3 is 0 Å². The van der Waals surface area contributed by atoms with Gasteiger partial charge in [-0.25, -0.2) is 0 Å². The van der Waals surface area contributed by atoms with Gasteiger partial charge in [-0.1, -0.05) is 31.0 Å². The molecule has 4 nitrogen and oxygen atoms in total. The highest BCUT2D eigenvalue weighted by molar-refractivity contribution is 5.95. The van der Waals surface area contributed by atoms with Crippen molar-refractivity contribution in [1.82, 2.24) is 5.32 Å². The lowest BCUT2D eigenvalue weighted by Crippen LogP contribution is -2.43. The fraction of sp³-hybridized carbons (Fsp3) is 0.562. The molecular formula is C16H23NO3. The van der Waals surface area contributed by atoms with Crippen LogP contribution in [0.4, 0.5) is 0 Å². The van der Waals surface area contributed by atoms with Crippen LogP contribution in [0.1, 0.15) is 41.6 Å². The Bertz CT molecular complexity index is 447. The van der Waals surface area contributed by atoms with E-state index in [9.17, 15) is 9.90 Å². The molecule has 0 saturated heterocycles. The Balaban J connectivity index is 2.07. The molecule has 0 aliphatic heterocycles. The average molecular weight is 277 g/mol. The molecule has 0 heterocycles. The van der Waals surface area contributed by atoms with E-state index in [2.05, 4.69) is 5.32 Å². The van der Waals surface area contributed by atoms with E-state index >= 15 is 0 Å². The van der Waals surface area contributed by atoms with Crippen molar-refractivity contribution in [2.45, 2.75) is 38.3 Å². The highest BCUT2D eigenvalue weighted by Gasteiger charge is 2.26. The van der Waals surface area contributed by atoms with E-state index in [-0.39, 0.29) is 24.5 Å². The fourth-order valence-corrected chi connectivity index (χ4v) is 2.89. The van der Waals surface area contributed by atoms with Crippen LogP contribution in [0.2, 0.25) is 0 Å². The number of aliphatic hydroxyl groups is 1. The molecule has 1 saturated carbocycles. The van der Waals surface area contributed by atoms with Gasteiger partial charge in [0.25, 0.3) is 5.91 Å². The minimum absolute atomic E-state index is 0.0667. The van der Waals surface area contributed by atoms with E-state index in [4.69, 9.17) is 4.74 Å². The van der Waals surface area contributed by atoms with Gasteiger partial charge in [0.2, 0.25) is 0 Å². The summed E-state index contributed by atoms with van der Waals surface area (Å²) in [6, 6.07) is 7.57. The third kappa shape index (κ3) is 3.58. The quantitative estimate of drug-likeness (QED) is 0.866. The zero-order valence-electron chi connectivity index (χ0n) is 12.0. The first kappa shape index (κ1) is 15.0. The predicted octanol–water partition coefficient (Wildman–Crippen LogP) is 2.11. The monoisotopic (exact) mass is 277 g/mol. The number of amides is 1. The van der Waals surface area contributed by atoms with Crippen molar-refractivity contribution in [2.24, 2.45) is 5.92 Å². The second-order valence-corrected chi connectivity index (χ2v) is 5.40. The summed E-state index contributed by atoms with van der Waals surface area (Å²) in [6.45, 7) is 0.572. The molecule has 0 spiro atoms. The molecule has 0 radical (unpaired) electrons. The lowest BCUT2D eigenvalue weighted by atomic mass is 9.85. The van der Waals surface area contributed by atoms with Gasteiger partial charge in [0.05, 0.1) is 6.61 Å². The summed E-state index contributed by atoms with van der Waals surface area (Å²) in [5, 5.41) is 12.5. The Morgan fingerprint density at radius 1 is 1.35 bits per heavy atom. The van der Waals surface area contributed by atoms with Crippen molar-refractivity contribution in [3.63, 3.8) is 0 Å². The third-order valence-electron chi connectivity index (χ3n) is 4.02. The van der Waals surface area contributed by atoms with E-state index in [1.54, 1.807) is 7.11 Å². The van der Waals surface area contributed by atoms with Crippen molar-refractivity contribution in [1.29, 1.82) is 0 Å². The van der Waals surface area contributed by atoms with E-state index in [0.717, 1.165) is 31.2 Å². The molecular weight excluding hydrogens is 254 g/mol. The van der Waals surface area contributed by atoms with Crippen LogP contribution in [0.5, 0.6) is 0 Å². The summed E-state index contributed by atoms with van der Waals surface area (Å²) in [4.78, 5) is 12.4. The zero-order chi connectivity index (χ0) is 14.4. The van der Waals surface area contributed by atoms with Crippen LogP contribution in [0.3, 0.4) is 0 Å². The highest BCUT2D eigenvalue weighted by Crippen LogP contribution is 2.24. The minimum Gasteiger partial charge on any atom is -0.396 e. The molecule has 2 N–H and O–H groups in total. The number of hydrogen-bond acceptors (Lipinski definition) is 3. The first-order valence-electron chi connectivity index (χ1n) is 7.24. The van der Waals surface area contributed by atoms with Gasteiger partial charge in [-0.05, 0) is 24.5 Å². The van der Waals surface area contributed by atoms with E-state index in [1.165, 1.54) is 0 Å². The molecule has 0 aromatic heterocycles. The number of aliphatic hydroxyl groups excluding tert-OH is 1. The predicted molar refractivity (Wildman–Crippen MR) is 77.5 cm³/mol. The fourth-order valence-electron chi connectivity index (χ4n) is 2.89. The van der Waals surface area contributed by atoms with Crippen LogP contribution in [-0.2, 0) is 11.3 Å². The number of benzene rings is 1. The van der Waals surface area contributed by atoms with Gasteiger partial charge in [0.15, 0.2) is 0 Å². The Morgan fingerprint density at radius 2 is 2.10 bits per heavy atom. The largest absolute Gasteiger partial charge is 0.396 e. The zero-order valence-corrected chi connectivity index (χ0v) is 12.0. The Kier molecular flexibility index (Phi) is 5.56. The summed E-state index contributed by atoms with van der Waals surface area (Å²) in [7, 11) is 1.62. The van der Waals surface area contributed by atoms with Gasteiger partial charge in [-0.15, -0.1) is 0 Å². The molecule has 2 rings (SSSR count). The molecule has 1 aromatic carbocycles. The van der Waals surface area contributed by atoms with Crippen LogP contribution in [0, 0.1) is 5.92 Å². The van der Waals surface area contributed by atoms with E-state index in [1.807, 2.05) is 24.3 Å². The maximum absolute atomic E-state index is 12.4. The smallest absolute Gasteiger partial charge is 0.251 e. The SMILES string of the molecule is COCc1ccccc1C(=O)NC1CCCCC1CO. The summed E-state index contributed by atoms with van der Waals surface area (Å²) >= 11 is 0. The number of hydrogen-bond donors (Lipinski definition) is 2. The molecule has 1 aromatic rings. The van der Waals surface area contributed by atoms with Crippen LogP contribution in [0.25, 0.3) is 0 Å². The summed E-state index contributed by atoms with van der Waals surface area (Å²) in [5.41, 5.74) is 1.56. The maximum Gasteiger partial charge on any atom is 0.251 e. The topological polar surface area (TPSA) is 58.6 Å². The van der Waals surface area contributed by atoms with Gasteiger partial charge in [0, 0.05) is 31.2 Å². The second kappa shape index (κ2) is 7.41. The van der Waals surface area contributed by atoms with Crippen LogP contribution in [0.15, 0.2) is 24.3 Å². The van der Waals surface area contributed by atoms with Crippen LogP contribution in [-0.4, -0.2) is 30.8 Å². The standard InChI is InChI=1S/C16H23NO3/c1-20-11-13-7-2-4-8-14(13)16(19)17-15-9-5-3-6-12(15)10-18/h2,4,7-8,12,15,18H,3,5-6,9-11H2,1H3,(H,17,19). The lowest BCUT2D eigenvalue weighted by Gasteiger charge is -2.31. The summed E-state index contributed by atoms with van der Waals surface area (Å²) in [5.74, 6) is 0.116. The van der Waals surface area contributed by atoms with E-state index in [0.29, 0.717) is 12.2 Å².